The fraction of sp³-hybridized carbons (Fsp3) is 0.825. The molecule has 0 radical (unpaired) electrons. The first kappa shape index (κ1) is 55.7. The summed E-state index contributed by atoms with van der Waals surface area (Å²) in [6.45, 7) is 4.75. The third-order valence-corrected chi connectivity index (χ3v) is 9.37. The molecule has 18 nitrogen and oxygen atoms in total. The van der Waals surface area contributed by atoms with Crippen LogP contribution in [0.5, 0.6) is 0 Å². The Balaban J connectivity index is 3.67. The van der Waals surface area contributed by atoms with Gasteiger partial charge in [0.2, 0.25) is 23.6 Å². The maximum atomic E-state index is 12.3. The van der Waals surface area contributed by atoms with Crippen LogP contribution < -0.4 is 26.6 Å². The number of carbonyl (C=O) groups excluding carboxylic acids is 5. The molecule has 59 heavy (non-hydrogen) atoms. The van der Waals surface area contributed by atoms with Gasteiger partial charge in [0.25, 0.3) is 0 Å². The van der Waals surface area contributed by atoms with Crippen molar-refractivity contribution in [1.82, 2.24) is 26.6 Å². The summed E-state index contributed by atoms with van der Waals surface area (Å²) in [7, 11) is 2.20. The van der Waals surface area contributed by atoms with E-state index in [-0.39, 0.29) is 127 Å². The number of hydrogen-bond donors (Lipinski definition) is 7. The van der Waals surface area contributed by atoms with E-state index in [0.29, 0.717) is 19.4 Å². The van der Waals surface area contributed by atoms with Crippen molar-refractivity contribution < 1.29 is 62.7 Å². The van der Waals surface area contributed by atoms with Gasteiger partial charge in [-0.25, -0.2) is 4.79 Å². The molecule has 0 bridgehead atoms. The molecular weight excluding hydrogens is 789 g/mol. The quantitative estimate of drug-likeness (QED) is 0.0344. The average Bonchev–Trinajstić information content (AvgIpc) is 3.19. The van der Waals surface area contributed by atoms with Gasteiger partial charge in [0, 0.05) is 38.9 Å². The highest BCUT2D eigenvalue weighted by molar-refractivity contribution is 7.40. The maximum absolute atomic E-state index is 12.3. The molecular formula is C40H74N5O13P. The van der Waals surface area contributed by atoms with Crippen molar-refractivity contribution in [2.75, 3.05) is 79.0 Å². The number of hydrogen-bond acceptors (Lipinski definition) is 12. The summed E-state index contributed by atoms with van der Waals surface area (Å²) in [5.41, 5.74) is 0.0352. The first-order valence-electron chi connectivity index (χ1n) is 21.3. The predicted octanol–water partition coefficient (Wildman–Crippen LogP) is 2.46. The van der Waals surface area contributed by atoms with Gasteiger partial charge in [-0.15, -0.1) is 0 Å². The number of ether oxygens (including phenoxy) is 4. The molecule has 0 spiro atoms. The second kappa shape index (κ2) is 40.1. The van der Waals surface area contributed by atoms with Crippen molar-refractivity contribution in [3.8, 4) is 0 Å². The third kappa shape index (κ3) is 38.7. The van der Waals surface area contributed by atoms with Crippen LogP contribution in [0.2, 0.25) is 0 Å². The summed E-state index contributed by atoms with van der Waals surface area (Å²) < 4.78 is 21.3. The summed E-state index contributed by atoms with van der Waals surface area (Å²) in [6.07, 6.45) is 13.6. The largest absolute Gasteiger partial charge is 0.481 e. The zero-order valence-corrected chi connectivity index (χ0v) is 36.5. The molecule has 0 aliphatic carbocycles. The predicted molar refractivity (Wildman–Crippen MR) is 225 cm³/mol. The van der Waals surface area contributed by atoms with Gasteiger partial charge in [0.1, 0.15) is 19.3 Å². The molecule has 0 saturated heterocycles. The topological polar surface area (TPSA) is 257 Å². The molecule has 0 aromatic heterocycles. The Labute approximate surface area is 352 Å². The van der Waals surface area contributed by atoms with E-state index in [1.54, 1.807) is 0 Å². The SMILES string of the molecule is CCN[C@@H](CCCCNC(=O)COCCOCCNC(=O)COCCOCCNC(=O)CC[C@H](NC(=O)CCCCCCCCCCCCCC(=O)O)C(=O)O)C(=O)P. The minimum atomic E-state index is -1.19. The fourth-order valence-corrected chi connectivity index (χ4v) is 6.01. The number of likely N-dealkylation sites (N-methyl/N-ethyl adjacent to an activating group) is 1. The second-order valence-electron chi connectivity index (χ2n) is 14.2. The lowest BCUT2D eigenvalue weighted by Gasteiger charge is -2.14. The van der Waals surface area contributed by atoms with Crippen molar-refractivity contribution >= 4 is 50.3 Å². The van der Waals surface area contributed by atoms with E-state index < -0.39 is 18.0 Å². The molecule has 0 rings (SSSR count). The molecule has 7 N–H and O–H groups in total. The Morgan fingerprint density at radius 1 is 0.492 bits per heavy atom. The Kier molecular flexibility index (Phi) is 37.9. The molecule has 0 aromatic carbocycles. The standard InChI is InChI=1S/C40H74N5O13P/c1-2-41-33(40(54)59)16-14-15-21-42-36(48)30-57-28-27-56-25-23-44-37(49)31-58-29-26-55-24-22-43-34(46)20-19-32(39(52)53)45-35(47)17-12-10-8-6-4-3-5-7-9-11-13-18-38(50)51/h32-33,41H,2-31,59H2,1H3,(H,42,48)(H,43,46)(H,44,49)(H,45,47)(H,50,51)(H,52,53)/t32-,33-/m0/s1. The monoisotopic (exact) mass is 864 g/mol. The zero-order chi connectivity index (χ0) is 43.8. The number of carbonyl (C=O) groups is 7. The molecule has 342 valence electrons. The van der Waals surface area contributed by atoms with Gasteiger partial charge >= 0.3 is 11.9 Å². The Morgan fingerprint density at radius 3 is 1.46 bits per heavy atom. The second-order valence-corrected chi connectivity index (χ2v) is 14.7. The van der Waals surface area contributed by atoms with E-state index in [1.165, 1.54) is 0 Å². The number of carboxylic acids is 2. The maximum Gasteiger partial charge on any atom is 0.326 e. The van der Waals surface area contributed by atoms with Crippen LogP contribution in [0.4, 0.5) is 0 Å². The zero-order valence-electron chi connectivity index (χ0n) is 35.3. The number of amides is 4. The molecule has 0 aliphatic rings. The highest BCUT2D eigenvalue weighted by atomic mass is 31.0. The minimum absolute atomic E-state index is 0.0333. The van der Waals surface area contributed by atoms with Crippen molar-refractivity contribution in [2.24, 2.45) is 0 Å². The van der Waals surface area contributed by atoms with Gasteiger partial charge in [-0.2, -0.15) is 0 Å². The average molecular weight is 864 g/mol. The molecule has 3 atom stereocenters. The lowest BCUT2D eigenvalue weighted by molar-refractivity contribution is -0.142. The summed E-state index contributed by atoms with van der Waals surface area (Å²) >= 11 is 0. The van der Waals surface area contributed by atoms with Crippen molar-refractivity contribution in [1.29, 1.82) is 0 Å². The van der Waals surface area contributed by atoms with Crippen LogP contribution in [0, 0.1) is 0 Å². The highest BCUT2D eigenvalue weighted by Gasteiger charge is 2.21. The van der Waals surface area contributed by atoms with Gasteiger partial charge in [-0.1, -0.05) is 74.0 Å². The van der Waals surface area contributed by atoms with Gasteiger partial charge in [0.15, 0.2) is 5.52 Å². The van der Waals surface area contributed by atoms with Crippen LogP contribution in [0.15, 0.2) is 0 Å². The van der Waals surface area contributed by atoms with Crippen LogP contribution in [-0.2, 0) is 52.5 Å². The lowest BCUT2D eigenvalue weighted by atomic mass is 10.0. The number of carboxylic acid groups (broad SMARTS) is 2. The Morgan fingerprint density at radius 2 is 0.966 bits per heavy atom. The molecule has 19 heteroatoms. The van der Waals surface area contributed by atoms with Crippen LogP contribution in [0.3, 0.4) is 0 Å². The normalized spacial score (nSPS) is 12.0. The number of rotatable bonds is 43. The first-order valence-corrected chi connectivity index (χ1v) is 21.9. The lowest BCUT2D eigenvalue weighted by Crippen LogP contribution is -2.41. The number of unbranched alkanes of at least 4 members (excludes halogenated alkanes) is 11. The molecule has 4 amide bonds. The molecule has 0 aromatic rings. The minimum Gasteiger partial charge on any atom is -0.481 e. The van der Waals surface area contributed by atoms with E-state index in [4.69, 9.17) is 24.1 Å². The first-order chi connectivity index (χ1) is 28.5. The molecule has 0 saturated carbocycles. The van der Waals surface area contributed by atoms with Crippen molar-refractivity contribution in [2.45, 2.75) is 135 Å². The summed E-state index contributed by atoms with van der Waals surface area (Å²) in [6, 6.07) is -1.32. The van der Waals surface area contributed by atoms with Crippen LogP contribution in [0.1, 0.15) is 122 Å². The molecule has 1 unspecified atom stereocenters. The Bertz CT molecular complexity index is 1170. The fourth-order valence-electron chi connectivity index (χ4n) is 5.73. The van der Waals surface area contributed by atoms with Gasteiger partial charge in [0.05, 0.1) is 45.7 Å². The van der Waals surface area contributed by atoms with Gasteiger partial charge < -0.3 is 55.7 Å². The van der Waals surface area contributed by atoms with E-state index in [9.17, 15) is 38.7 Å². The number of aliphatic carboxylic acids is 2. The molecule has 0 aliphatic heterocycles. The van der Waals surface area contributed by atoms with Gasteiger partial charge in [-0.3, -0.25) is 28.8 Å². The smallest absolute Gasteiger partial charge is 0.326 e. The third-order valence-electron chi connectivity index (χ3n) is 8.97. The highest BCUT2D eigenvalue weighted by Crippen LogP contribution is 2.13. The van der Waals surface area contributed by atoms with Crippen LogP contribution in [0.25, 0.3) is 0 Å². The summed E-state index contributed by atoms with van der Waals surface area (Å²) in [5, 5.41) is 31.9. The molecule has 0 fully saturated rings. The Hall–Kier alpha value is -3.28. The molecule has 0 heterocycles. The number of nitrogens with one attached hydrogen (secondary N) is 5. The van der Waals surface area contributed by atoms with Gasteiger partial charge in [-0.05, 0) is 45.1 Å². The van der Waals surface area contributed by atoms with E-state index in [0.717, 1.165) is 83.6 Å². The van der Waals surface area contributed by atoms with Crippen molar-refractivity contribution in [3.05, 3.63) is 0 Å². The summed E-state index contributed by atoms with van der Waals surface area (Å²) in [4.78, 5) is 81.8. The van der Waals surface area contributed by atoms with E-state index >= 15 is 0 Å². The summed E-state index contributed by atoms with van der Waals surface area (Å²) in [5.74, 6) is -3.17. The van der Waals surface area contributed by atoms with E-state index in [2.05, 4.69) is 35.8 Å². The van der Waals surface area contributed by atoms with E-state index in [1.807, 2.05) is 6.92 Å². The van der Waals surface area contributed by atoms with Crippen LogP contribution >= 0.6 is 9.24 Å². The van der Waals surface area contributed by atoms with Crippen molar-refractivity contribution in [3.63, 3.8) is 0 Å². The van der Waals surface area contributed by atoms with Crippen LogP contribution in [-0.4, -0.2) is 142 Å².